The van der Waals surface area contributed by atoms with Crippen LogP contribution >= 0.6 is 0 Å². The fourth-order valence-corrected chi connectivity index (χ4v) is 2.60. The van der Waals surface area contributed by atoms with Gasteiger partial charge in [-0.3, -0.25) is 0 Å². The largest absolute Gasteiger partial charge is 0.393 e. The van der Waals surface area contributed by atoms with E-state index in [-0.39, 0.29) is 0 Å². The third-order valence-corrected chi connectivity index (χ3v) is 4.18. The fraction of sp³-hybridized carbons (Fsp3) is 1.00. The van der Waals surface area contributed by atoms with E-state index in [1.54, 1.807) is 0 Å². The topological polar surface area (TPSA) is 60.7 Å². The van der Waals surface area contributed by atoms with Crippen molar-refractivity contribution in [3.8, 4) is 0 Å². The Balaban J connectivity index is 2.73. The third-order valence-electron chi connectivity index (χ3n) is 4.18. The molecule has 3 nitrogen and oxygen atoms in total. The van der Waals surface area contributed by atoms with Crippen LogP contribution in [0.3, 0.4) is 0 Å². The SMILES string of the molecule is CC(C)[C@@H]1CC[C@@](C)(C(C)(O)O)C[C@H]1O. The number of aliphatic hydroxyl groups excluding tert-OH is 1. The highest BCUT2D eigenvalue weighted by Gasteiger charge is 2.47. The molecular formula is C12H24O3. The van der Waals surface area contributed by atoms with E-state index in [1.807, 2.05) is 6.92 Å². The zero-order chi connectivity index (χ0) is 11.9. The van der Waals surface area contributed by atoms with E-state index in [1.165, 1.54) is 6.92 Å². The molecule has 3 heteroatoms. The van der Waals surface area contributed by atoms with Gasteiger partial charge in [0.1, 0.15) is 0 Å². The minimum absolute atomic E-state index is 0.292. The standard InChI is InChI=1S/C12H24O3/c1-8(2)9-5-6-11(3,7-10(9)13)12(4,14)15/h8-10,13-15H,5-7H2,1-4H3/t9-,10+,11+/m0/s1. The molecule has 1 aliphatic rings. The van der Waals surface area contributed by atoms with E-state index in [2.05, 4.69) is 13.8 Å². The minimum Gasteiger partial charge on any atom is -0.393 e. The summed E-state index contributed by atoms with van der Waals surface area (Å²) in [5.41, 5.74) is -0.586. The first-order chi connectivity index (χ1) is 6.67. The molecule has 0 unspecified atom stereocenters. The van der Waals surface area contributed by atoms with Crippen LogP contribution in [0.2, 0.25) is 0 Å². The summed E-state index contributed by atoms with van der Waals surface area (Å²) in [6, 6.07) is 0. The summed E-state index contributed by atoms with van der Waals surface area (Å²) >= 11 is 0. The van der Waals surface area contributed by atoms with E-state index >= 15 is 0 Å². The van der Waals surface area contributed by atoms with Crippen molar-refractivity contribution in [3.05, 3.63) is 0 Å². The normalized spacial score (nSPS) is 38.4. The monoisotopic (exact) mass is 216 g/mol. The highest BCUT2D eigenvalue weighted by atomic mass is 16.5. The molecular weight excluding hydrogens is 192 g/mol. The summed E-state index contributed by atoms with van der Waals surface area (Å²) in [7, 11) is 0. The molecule has 1 aliphatic carbocycles. The van der Waals surface area contributed by atoms with Crippen LogP contribution in [0.15, 0.2) is 0 Å². The van der Waals surface area contributed by atoms with Crippen molar-refractivity contribution >= 4 is 0 Å². The molecule has 0 amide bonds. The highest BCUT2D eigenvalue weighted by Crippen LogP contribution is 2.46. The van der Waals surface area contributed by atoms with Gasteiger partial charge in [0, 0.05) is 5.41 Å². The van der Waals surface area contributed by atoms with Gasteiger partial charge < -0.3 is 15.3 Å². The smallest absolute Gasteiger partial charge is 0.165 e. The second-order valence-corrected chi connectivity index (χ2v) is 5.80. The first kappa shape index (κ1) is 12.9. The molecule has 15 heavy (non-hydrogen) atoms. The van der Waals surface area contributed by atoms with E-state index < -0.39 is 17.3 Å². The first-order valence-electron chi connectivity index (χ1n) is 5.80. The van der Waals surface area contributed by atoms with Gasteiger partial charge in [0.2, 0.25) is 0 Å². The number of rotatable bonds is 2. The Morgan fingerprint density at radius 3 is 2.20 bits per heavy atom. The van der Waals surface area contributed by atoms with Crippen LogP contribution in [-0.2, 0) is 0 Å². The predicted octanol–water partition coefficient (Wildman–Crippen LogP) is 1.51. The molecule has 0 aromatic rings. The van der Waals surface area contributed by atoms with Crippen molar-refractivity contribution in [3.63, 3.8) is 0 Å². The summed E-state index contributed by atoms with van der Waals surface area (Å²) in [5, 5.41) is 29.4. The lowest BCUT2D eigenvalue weighted by Gasteiger charge is -2.47. The second kappa shape index (κ2) is 4.04. The Morgan fingerprint density at radius 1 is 1.33 bits per heavy atom. The van der Waals surface area contributed by atoms with Gasteiger partial charge in [-0.05, 0) is 38.0 Å². The molecule has 0 aliphatic heterocycles. The van der Waals surface area contributed by atoms with Gasteiger partial charge in [-0.15, -0.1) is 0 Å². The molecule has 0 aromatic heterocycles. The van der Waals surface area contributed by atoms with E-state index in [0.29, 0.717) is 18.3 Å². The van der Waals surface area contributed by atoms with Gasteiger partial charge in [0.25, 0.3) is 0 Å². The van der Waals surface area contributed by atoms with Gasteiger partial charge in [0.15, 0.2) is 5.79 Å². The zero-order valence-corrected chi connectivity index (χ0v) is 10.2. The maximum Gasteiger partial charge on any atom is 0.165 e. The zero-order valence-electron chi connectivity index (χ0n) is 10.2. The van der Waals surface area contributed by atoms with E-state index in [9.17, 15) is 15.3 Å². The number of hydrogen-bond donors (Lipinski definition) is 3. The summed E-state index contributed by atoms with van der Waals surface area (Å²) in [5.74, 6) is -0.954. The van der Waals surface area contributed by atoms with Crippen LogP contribution in [0.1, 0.15) is 47.0 Å². The maximum atomic E-state index is 10.0. The molecule has 0 spiro atoms. The first-order valence-corrected chi connectivity index (χ1v) is 5.80. The Labute approximate surface area is 92.1 Å². The number of hydrogen-bond acceptors (Lipinski definition) is 3. The van der Waals surface area contributed by atoms with Crippen LogP contribution in [-0.4, -0.2) is 27.2 Å². The molecule has 0 bridgehead atoms. The Morgan fingerprint density at radius 2 is 1.87 bits per heavy atom. The Kier molecular flexibility index (Phi) is 3.49. The van der Waals surface area contributed by atoms with Crippen molar-refractivity contribution in [2.75, 3.05) is 0 Å². The average Bonchev–Trinajstić information content (AvgIpc) is 2.00. The summed E-state index contributed by atoms with van der Waals surface area (Å²) < 4.78 is 0. The highest BCUT2D eigenvalue weighted by molar-refractivity contribution is 4.94. The fourth-order valence-electron chi connectivity index (χ4n) is 2.60. The predicted molar refractivity (Wildman–Crippen MR) is 59.1 cm³/mol. The van der Waals surface area contributed by atoms with Crippen molar-refractivity contribution in [2.24, 2.45) is 17.3 Å². The molecule has 3 N–H and O–H groups in total. The molecule has 3 atom stereocenters. The molecule has 0 heterocycles. The second-order valence-electron chi connectivity index (χ2n) is 5.80. The molecule has 0 saturated heterocycles. The van der Waals surface area contributed by atoms with Crippen LogP contribution in [0.25, 0.3) is 0 Å². The maximum absolute atomic E-state index is 10.0. The van der Waals surface area contributed by atoms with Crippen LogP contribution < -0.4 is 0 Å². The summed E-state index contributed by atoms with van der Waals surface area (Å²) in [6.07, 6.45) is 1.68. The summed E-state index contributed by atoms with van der Waals surface area (Å²) in [6.45, 7) is 7.46. The van der Waals surface area contributed by atoms with Gasteiger partial charge in [-0.25, -0.2) is 0 Å². The molecule has 1 rings (SSSR count). The van der Waals surface area contributed by atoms with Gasteiger partial charge in [-0.2, -0.15) is 0 Å². The molecule has 1 fully saturated rings. The van der Waals surface area contributed by atoms with Crippen molar-refractivity contribution in [2.45, 2.75) is 58.8 Å². The summed E-state index contributed by atoms with van der Waals surface area (Å²) in [4.78, 5) is 0. The molecule has 90 valence electrons. The number of aliphatic hydroxyl groups is 3. The van der Waals surface area contributed by atoms with Crippen LogP contribution in [0, 0.1) is 17.3 Å². The third kappa shape index (κ3) is 2.52. The van der Waals surface area contributed by atoms with Crippen molar-refractivity contribution in [1.29, 1.82) is 0 Å². The molecule has 0 radical (unpaired) electrons. The molecule has 0 aromatic carbocycles. The van der Waals surface area contributed by atoms with Crippen molar-refractivity contribution < 1.29 is 15.3 Å². The van der Waals surface area contributed by atoms with Crippen LogP contribution in [0.4, 0.5) is 0 Å². The van der Waals surface area contributed by atoms with E-state index in [4.69, 9.17) is 0 Å². The van der Waals surface area contributed by atoms with Gasteiger partial charge in [-0.1, -0.05) is 20.8 Å². The Hall–Kier alpha value is -0.120. The lowest BCUT2D eigenvalue weighted by molar-refractivity contribution is -0.246. The van der Waals surface area contributed by atoms with E-state index in [0.717, 1.165) is 12.8 Å². The lowest BCUT2D eigenvalue weighted by atomic mass is 9.64. The van der Waals surface area contributed by atoms with Gasteiger partial charge in [0.05, 0.1) is 6.10 Å². The lowest BCUT2D eigenvalue weighted by Crippen LogP contribution is -2.50. The average molecular weight is 216 g/mol. The van der Waals surface area contributed by atoms with Crippen molar-refractivity contribution in [1.82, 2.24) is 0 Å². The quantitative estimate of drug-likeness (QED) is 0.613. The minimum atomic E-state index is -1.70. The Bertz CT molecular complexity index is 219. The van der Waals surface area contributed by atoms with Gasteiger partial charge >= 0.3 is 0 Å². The molecule has 1 saturated carbocycles. The van der Waals surface area contributed by atoms with Crippen LogP contribution in [0.5, 0.6) is 0 Å².